The highest BCUT2D eigenvalue weighted by molar-refractivity contribution is 6.91. The fourth-order valence-corrected chi connectivity index (χ4v) is 7.01. The van der Waals surface area contributed by atoms with Crippen LogP contribution < -0.4 is 10.4 Å². The molecule has 0 heterocycles. The van der Waals surface area contributed by atoms with Crippen LogP contribution in [-0.2, 0) is 5.41 Å². The molecule has 0 unspecified atom stereocenters. The van der Waals surface area contributed by atoms with E-state index in [2.05, 4.69) is 117 Å². The number of rotatable bonds is 5. The van der Waals surface area contributed by atoms with Crippen LogP contribution >= 0.6 is 0 Å². The Balaban J connectivity index is 2.35. The molecular weight excluding hydrogens is 404 g/mol. The Morgan fingerprint density at radius 2 is 1.35 bits per heavy atom. The quantitative estimate of drug-likeness (QED) is 0.411. The van der Waals surface area contributed by atoms with E-state index in [1.807, 2.05) is 0 Å². The molecule has 0 saturated heterocycles. The molecule has 3 rings (SSSR count). The molecular formula is C29H43Si2. The summed E-state index contributed by atoms with van der Waals surface area (Å²) < 4.78 is 0. The van der Waals surface area contributed by atoms with Crippen LogP contribution in [0.2, 0.25) is 39.3 Å². The number of hydrogen-bond donors (Lipinski definition) is 0. The van der Waals surface area contributed by atoms with Crippen LogP contribution in [0.4, 0.5) is 0 Å². The van der Waals surface area contributed by atoms with Crippen LogP contribution in [-0.4, -0.2) is 16.1 Å². The van der Waals surface area contributed by atoms with E-state index in [1.165, 1.54) is 33.4 Å². The molecule has 0 atom stereocenters. The SMILES string of the molecule is CC(C)CC1=Cc2c(ccc(C(C)(C)C)c2-c2cc([Si](C)(C)C)cc([Si](C)(C)C)c2)[CH]1. The molecule has 0 amide bonds. The van der Waals surface area contributed by atoms with Gasteiger partial charge in [-0.3, -0.25) is 0 Å². The minimum Gasteiger partial charge on any atom is -0.0656 e. The van der Waals surface area contributed by atoms with Crippen molar-refractivity contribution >= 4 is 32.6 Å². The first-order chi connectivity index (χ1) is 14.1. The average Bonchev–Trinajstić information content (AvgIpc) is 2.99. The molecule has 31 heavy (non-hydrogen) atoms. The third kappa shape index (κ3) is 5.34. The largest absolute Gasteiger partial charge is 0.0776 e. The van der Waals surface area contributed by atoms with E-state index >= 15 is 0 Å². The van der Waals surface area contributed by atoms with Gasteiger partial charge in [0.1, 0.15) is 0 Å². The van der Waals surface area contributed by atoms with Crippen LogP contribution in [0.1, 0.15) is 57.7 Å². The fraction of sp³-hybridized carbons (Fsp3) is 0.483. The molecule has 1 aliphatic rings. The summed E-state index contributed by atoms with van der Waals surface area (Å²) in [5, 5.41) is 3.18. The first-order valence-electron chi connectivity index (χ1n) is 12.0. The first kappa shape index (κ1) is 24.3. The van der Waals surface area contributed by atoms with Crippen LogP contribution in [0.5, 0.6) is 0 Å². The van der Waals surface area contributed by atoms with Crippen molar-refractivity contribution in [2.45, 2.75) is 85.7 Å². The standard InChI is InChI=1S/C29H43Si2/c1-20(2)14-21-15-22-12-13-27(29(3,4)5)28(26(22)16-21)23-17-24(30(6,7)8)19-25(18-23)31(9,10)11/h12-13,15-20H,14H2,1-11H3. The third-order valence-corrected chi connectivity index (χ3v) is 10.4. The van der Waals surface area contributed by atoms with Gasteiger partial charge in [-0.2, -0.15) is 0 Å². The smallest absolute Gasteiger partial charge is 0.0656 e. The maximum absolute atomic E-state index is 2.55. The second kappa shape index (κ2) is 8.19. The number of hydrogen-bond acceptors (Lipinski definition) is 0. The zero-order valence-corrected chi connectivity index (χ0v) is 23.8. The van der Waals surface area contributed by atoms with Gasteiger partial charge in [-0.15, -0.1) is 0 Å². The molecule has 0 aromatic heterocycles. The van der Waals surface area contributed by atoms with Crippen molar-refractivity contribution in [1.29, 1.82) is 0 Å². The summed E-state index contributed by atoms with van der Waals surface area (Å²) in [7, 11) is -2.87. The third-order valence-electron chi connectivity index (χ3n) is 6.36. The molecule has 0 saturated carbocycles. The number of allylic oxidation sites excluding steroid dienone is 1. The highest BCUT2D eigenvalue weighted by atomic mass is 28.3. The second-order valence-electron chi connectivity index (χ2n) is 13.0. The summed E-state index contributed by atoms with van der Waals surface area (Å²) in [6, 6.07) is 12.4. The van der Waals surface area contributed by atoms with E-state index in [-0.39, 0.29) is 5.41 Å². The maximum Gasteiger partial charge on any atom is 0.0776 e. The summed E-state index contributed by atoms with van der Waals surface area (Å²) in [4.78, 5) is 0. The van der Waals surface area contributed by atoms with Crippen molar-refractivity contribution in [1.82, 2.24) is 0 Å². The van der Waals surface area contributed by atoms with Gasteiger partial charge in [0.05, 0.1) is 16.1 Å². The molecule has 1 radical (unpaired) electrons. The summed E-state index contributed by atoms with van der Waals surface area (Å²) in [6.45, 7) is 26.6. The van der Waals surface area contributed by atoms with Crippen molar-refractivity contribution in [3.63, 3.8) is 0 Å². The predicted octanol–water partition coefficient (Wildman–Crippen LogP) is 7.74. The zero-order valence-electron chi connectivity index (χ0n) is 21.8. The molecule has 0 aliphatic heterocycles. The highest BCUT2D eigenvalue weighted by Crippen LogP contribution is 2.42. The molecule has 2 aromatic rings. The van der Waals surface area contributed by atoms with E-state index in [4.69, 9.17) is 0 Å². The minimum absolute atomic E-state index is 0.105. The van der Waals surface area contributed by atoms with Crippen LogP contribution in [0.25, 0.3) is 17.2 Å². The fourth-order valence-electron chi connectivity index (χ4n) is 4.51. The Bertz CT molecular complexity index is 970. The zero-order chi connectivity index (χ0) is 23.4. The van der Waals surface area contributed by atoms with Crippen molar-refractivity contribution in [2.24, 2.45) is 5.92 Å². The molecule has 1 aliphatic carbocycles. The van der Waals surface area contributed by atoms with E-state index in [9.17, 15) is 0 Å². The van der Waals surface area contributed by atoms with Gasteiger partial charge in [0, 0.05) is 6.42 Å². The van der Waals surface area contributed by atoms with Crippen LogP contribution in [0.3, 0.4) is 0 Å². The monoisotopic (exact) mass is 447 g/mol. The van der Waals surface area contributed by atoms with Crippen molar-refractivity contribution < 1.29 is 0 Å². The Hall–Kier alpha value is -1.39. The summed E-state index contributed by atoms with van der Waals surface area (Å²) in [5.74, 6) is 0.677. The second-order valence-corrected chi connectivity index (χ2v) is 23.2. The molecule has 0 N–H and O–H groups in total. The molecule has 167 valence electrons. The molecule has 2 heteroatoms. The van der Waals surface area contributed by atoms with Gasteiger partial charge in [-0.05, 0) is 45.6 Å². The van der Waals surface area contributed by atoms with Crippen molar-refractivity contribution in [3.8, 4) is 11.1 Å². The van der Waals surface area contributed by atoms with Crippen LogP contribution in [0, 0.1) is 12.3 Å². The Kier molecular flexibility index (Phi) is 6.41. The lowest BCUT2D eigenvalue weighted by Gasteiger charge is -2.28. The Morgan fingerprint density at radius 1 is 0.806 bits per heavy atom. The lowest BCUT2D eigenvalue weighted by atomic mass is 9.79. The van der Waals surface area contributed by atoms with Gasteiger partial charge >= 0.3 is 0 Å². The normalized spacial score (nSPS) is 14.8. The van der Waals surface area contributed by atoms with Gasteiger partial charge in [0.25, 0.3) is 0 Å². The Labute approximate surface area is 194 Å². The van der Waals surface area contributed by atoms with Gasteiger partial charge in [0.15, 0.2) is 0 Å². The van der Waals surface area contributed by atoms with Crippen molar-refractivity contribution in [2.75, 3.05) is 0 Å². The maximum atomic E-state index is 2.55. The molecule has 0 nitrogen and oxygen atoms in total. The number of fused-ring (bicyclic) bond motifs is 1. The Morgan fingerprint density at radius 3 is 1.81 bits per heavy atom. The average molecular weight is 448 g/mol. The van der Waals surface area contributed by atoms with Crippen molar-refractivity contribution in [3.05, 3.63) is 59.0 Å². The van der Waals surface area contributed by atoms with Gasteiger partial charge in [-0.1, -0.05) is 126 Å². The highest BCUT2D eigenvalue weighted by Gasteiger charge is 2.28. The molecule has 0 bridgehead atoms. The lowest BCUT2D eigenvalue weighted by molar-refractivity contribution is 0.592. The van der Waals surface area contributed by atoms with Gasteiger partial charge in [0.2, 0.25) is 0 Å². The molecule has 0 fully saturated rings. The summed E-state index contributed by atoms with van der Waals surface area (Å²) in [5.41, 5.74) is 8.80. The van der Waals surface area contributed by atoms with Gasteiger partial charge in [-0.25, -0.2) is 0 Å². The van der Waals surface area contributed by atoms with Crippen LogP contribution in [0.15, 0.2) is 35.9 Å². The van der Waals surface area contributed by atoms with E-state index < -0.39 is 16.1 Å². The lowest BCUT2D eigenvalue weighted by Crippen LogP contribution is -2.45. The van der Waals surface area contributed by atoms with Gasteiger partial charge < -0.3 is 0 Å². The minimum atomic E-state index is -1.43. The summed E-state index contributed by atoms with van der Waals surface area (Å²) in [6.07, 6.45) is 6.05. The molecule has 0 spiro atoms. The summed E-state index contributed by atoms with van der Waals surface area (Å²) >= 11 is 0. The first-order valence-corrected chi connectivity index (χ1v) is 19.0. The predicted molar refractivity (Wildman–Crippen MR) is 147 cm³/mol. The van der Waals surface area contributed by atoms with E-state index in [1.54, 1.807) is 10.4 Å². The van der Waals surface area contributed by atoms with E-state index in [0.717, 1.165) is 6.42 Å². The number of benzene rings is 2. The topological polar surface area (TPSA) is 0 Å². The van der Waals surface area contributed by atoms with E-state index in [0.29, 0.717) is 5.92 Å². The molecule has 2 aromatic carbocycles.